The molecule has 0 spiro atoms. The molecule has 0 bridgehead atoms. The number of halogens is 1. The summed E-state index contributed by atoms with van der Waals surface area (Å²) in [5.74, 6) is -0.496. The molecule has 0 saturated carbocycles. The number of ether oxygens (including phenoxy) is 1. The van der Waals surface area contributed by atoms with Crippen molar-refractivity contribution in [2.45, 2.75) is 25.0 Å². The highest BCUT2D eigenvalue weighted by atomic mass is 19.1. The molecule has 3 heterocycles. The lowest BCUT2D eigenvalue weighted by atomic mass is 9.95. The molecule has 1 saturated heterocycles. The van der Waals surface area contributed by atoms with Gasteiger partial charge in [-0.25, -0.2) is 9.97 Å². The SMILES string of the molecule is O=c1c2cc(Cc3ccc(-c4cccnc4F)cc3)c3ccccc3c2ncn1[C@H]1CCOC[C@@H]1O. The predicted octanol–water partition coefficient (Wildman–Crippen LogP) is 4.66. The minimum Gasteiger partial charge on any atom is -0.389 e. The van der Waals surface area contributed by atoms with Crippen LogP contribution in [0.3, 0.4) is 0 Å². The van der Waals surface area contributed by atoms with Gasteiger partial charge in [0.15, 0.2) is 0 Å². The Hall–Kier alpha value is -3.94. The van der Waals surface area contributed by atoms with Crippen molar-refractivity contribution in [3.63, 3.8) is 0 Å². The maximum Gasteiger partial charge on any atom is 0.261 e. The fourth-order valence-corrected chi connectivity index (χ4v) is 5.09. The van der Waals surface area contributed by atoms with Gasteiger partial charge in [0.25, 0.3) is 5.56 Å². The van der Waals surface area contributed by atoms with Crippen molar-refractivity contribution >= 4 is 21.7 Å². The number of hydrogen-bond donors (Lipinski definition) is 1. The van der Waals surface area contributed by atoms with E-state index in [0.717, 1.165) is 27.5 Å². The highest BCUT2D eigenvalue weighted by Crippen LogP contribution is 2.29. The molecule has 7 heteroatoms. The summed E-state index contributed by atoms with van der Waals surface area (Å²) < 4.78 is 21.0. The number of aromatic nitrogens is 3. The van der Waals surface area contributed by atoms with Crippen LogP contribution in [0.15, 0.2) is 84.0 Å². The van der Waals surface area contributed by atoms with Crippen molar-refractivity contribution in [1.29, 1.82) is 0 Å². The Kier molecular flexibility index (Phi) is 5.79. The van der Waals surface area contributed by atoms with Gasteiger partial charge in [-0.1, -0.05) is 48.5 Å². The van der Waals surface area contributed by atoms with Gasteiger partial charge in [0.1, 0.15) is 0 Å². The molecule has 1 fully saturated rings. The Balaban J connectivity index is 1.43. The van der Waals surface area contributed by atoms with Crippen LogP contribution in [0.2, 0.25) is 0 Å². The second-order valence-corrected chi connectivity index (χ2v) is 9.15. The van der Waals surface area contributed by atoms with Gasteiger partial charge < -0.3 is 9.84 Å². The van der Waals surface area contributed by atoms with Gasteiger partial charge >= 0.3 is 0 Å². The summed E-state index contributed by atoms with van der Waals surface area (Å²) in [7, 11) is 0. The fourth-order valence-electron chi connectivity index (χ4n) is 5.09. The first kappa shape index (κ1) is 22.5. The zero-order chi connectivity index (χ0) is 24.6. The van der Waals surface area contributed by atoms with Gasteiger partial charge in [0.2, 0.25) is 5.95 Å². The van der Waals surface area contributed by atoms with E-state index in [-0.39, 0.29) is 18.2 Å². The second kappa shape index (κ2) is 9.26. The quantitative estimate of drug-likeness (QED) is 0.298. The highest BCUT2D eigenvalue weighted by Gasteiger charge is 2.27. The number of hydrogen-bond acceptors (Lipinski definition) is 5. The van der Waals surface area contributed by atoms with Crippen molar-refractivity contribution in [3.05, 3.63) is 107 Å². The van der Waals surface area contributed by atoms with Crippen LogP contribution in [0.4, 0.5) is 4.39 Å². The standard InChI is InChI=1S/C29H24FN3O3/c30-28-22(6-3-12-31-28)19-9-7-18(8-10-19)14-20-15-24-27(23-5-2-1-4-21(20)23)32-17-33(29(24)35)25-11-13-36-16-26(25)34/h1-10,12,15,17,25-26,34H,11,13-14,16H2/t25-,26-/m0/s1. The van der Waals surface area contributed by atoms with Crippen LogP contribution >= 0.6 is 0 Å². The third-order valence-electron chi connectivity index (χ3n) is 6.94. The molecule has 1 N–H and O–H groups in total. The smallest absolute Gasteiger partial charge is 0.261 e. The number of aliphatic hydroxyl groups excluding tert-OH is 1. The van der Waals surface area contributed by atoms with E-state index < -0.39 is 12.1 Å². The van der Waals surface area contributed by atoms with Crippen LogP contribution < -0.4 is 5.56 Å². The molecule has 6 rings (SSSR count). The Morgan fingerprint density at radius 3 is 2.58 bits per heavy atom. The molecule has 0 aliphatic carbocycles. The number of fused-ring (bicyclic) bond motifs is 3. The van der Waals surface area contributed by atoms with E-state index in [9.17, 15) is 14.3 Å². The van der Waals surface area contributed by atoms with Crippen molar-refractivity contribution in [2.75, 3.05) is 13.2 Å². The summed E-state index contributed by atoms with van der Waals surface area (Å²) in [5.41, 5.74) is 3.75. The van der Waals surface area contributed by atoms with Crippen LogP contribution in [0.1, 0.15) is 23.6 Å². The lowest BCUT2D eigenvalue weighted by Crippen LogP contribution is -2.39. The van der Waals surface area contributed by atoms with Crippen LogP contribution in [-0.4, -0.2) is 39.0 Å². The summed E-state index contributed by atoms with van der Waals surface area (Å²) in [4.78, 5) is 22.0. The van der Waals surface area contributed by atoms with E-state index >= 15 is 0 Å². The first-order valence-electron chi connectivity index (χ1n) is 12.0. The molecular formula is C29H24FN3O3. The normalized spacial score (nSPS) is 18.1. The van der Waals surface area contributed by atoms with E-state index in [1.54, 1.807) is 23.0 Å². The Bertz CT molecular complexity index is 1630. The van der Waals surface area contributed by atoms with Gasteiger partial charge in [0, 0.05) is 23.8 Å². The topological polar surface area (TPSA) is 77.2 Å². The molecule has 0 radical (unpaired) electrons. The number of rotatable bonds is 4. The lowest BCUT2D eigenvalue weighted by molar-refractivity contribution is -0.0395. The summed E-state index contributed by atoms with van der Waals surface area (Å²) in [6.45, 7) is 0.700. The molecular weight excluding hydrogens is 457 g/mol. The average Bonchev–Trinajstić information content (AvgIpc) is 2.91. The third-order valence-corrected chi connectivity index (χ3v) is 6.94. The van der Waals surface area contributed by atoms with E-state index in [1.165, 1.54) is 6.20 Å². The zero-order valence-electron chi connectivity index (χ0n) is 19.5. The molecule has 3 aromatic carbocycles. The Morgan fingerprint density at radius 1 is 1.00 bits per heavy atom. The van der Waals surface area contributed by atoms with E-state index in [2.05, 4.69) is 9.97 Å². The molecule has 180 valence electrons. The second-order valence-electron chi connectivity index (χ2n) is 9.15. The minimum atomic E-state index is -0.751. The summed E-state index contributed by atoms with van der Waals surface area (Å²) in [5, 5.41) is 12.9. The number of aliphatic hydroxyl groups is 1. The van der Waals surface area contributed by atoms with Crippen LogP contribution in [-0.2, 0) is 11.2 Å². The molecule has 6 nitrogen and oxygen atoms in total. The fraction of sp³-hybridized carbons (Fsp3) is 0.207. The highest BCUT2D eigenvalue weighted by molar-refractivity contribution is 6.06. The molecule has 2 aromatic heterocycles. The maximum absolute atomic E-state index is 14.1. The number of nitrogens with zero attached hydrogens (tertiary/aromatic N) is 3. The summed E-state index contributed by atoms with van der Waals surface area (Å²) in [6, 6.07) is 20.6. The number of benzene rings is 3. The molecule has 36 heavy (non-hydrogen) atoms. The predicted molar refractivity (Wildman–Crippen MR) is 136 cm³/mol. The minimum absolute atomic E-state index is 0.166. The van der Waals surface area contributed by atoms with Crippen LogP contribution in [0, 0.1) is 5.95 Å². The van der Waals surface area contributed by atoms with Gasteiger partial charge in [0.05, 0.1) is 36.0 Å². The first-order valence-corrected chi connectivity index (χ1v) is 12.0. The van der Waals surface area contributed by atoms with E-state index in [4.69, 9.17) is 4.74 Å². The number of pyridine rings is 1. The largest absolute Gasteiger partial charge is 0.389 e. The maximum atomic E-state index is 14.1. The average molecular weight is 482 g/mol. The molecule has 1 aliphatic heterocycles. The van der Waals surface area contributed by atoms with E-state index in [1.807, 2.05) is 54.6 Å². The van der Waals surface area contributed by atoms with Gasteiger partial charge in [-0.2, -0.15) is 4.39 Å². The third kappa shape index (κ3) is 3.96. The molecule has 0 amide bonds. The Morgan fingerprint density at radius 2 is 1.81 bits per heavy atom. The van der Waals surface area contributed by atoms with Crippen molar-refractivity contribution in [2.24, 2.45) is 0 Å². The lowest BCUT2D eigenvalue weighted by Gasteiger charge is -2.29. The summed E-state index contributed by atoms with van der Waals surface area (Å²) in [6.07, 6.45) is 3.38. The van der Waals surface area contributed by atoms with Gasteiger partial charge in [-0.15, -0.1) is 0 Å². The molecule has 2 atom stereocenters. The van der Waals surface area contributed by atoms with Crippen molar-refractivity contribution in [1.82, 2.24) is 14.5 Å². The summed E-state index contributed by atoms with van der Waals surface area (Å²) >= 11 is 0. The Labute approximate surface area is 206 Å². The van der Waals surface area contributed by atoms with Gasteiger partial charge in [-0.3, -0.25) is 9.36 Å². The van der Waals surface area contributed by atoms with Crippen molar-refractivity contribution in [3.8, 4) is 11.1 Å². The monoisotopic (exact) mass is 481 g/mol. The van der Waals surface area contributed by atoms with E-state index in [0.29, 0.717) is 35.9 Å². The first-order chi connectivity index (χ1) is 17.6. The molecule has 1 aliphatic rings. The van der Waals surface area contributed by atoms with Gasteiger partial charge in [-0.05, 0) is 53.1 Å². The molecule has 5 aromatic rings. The molecule has 0 unspecified atom stereocenters. The van der Waals surface area contributed by atoms with Crippen LogP contribution in [0.5, 0.6) is 0 Å². The zero-order valence-corrected chi connectivity index (χ0v) is 19.5. The van der Waals surface area contributed by atoms with Crippen LogP contribution in [0.25, 0.3) is 32.8 Å². The van der Waals surface area contributed by atoms with Crippen molar-refractivity contribution < 1.29 is 14.2 Å².